The lowest BCUT2D eigenvalue weighted by atomic mass is 10.0. The van der Waals surface area contributed by atoms with Gasteiger partial charge in [-0.15, -0.1) is 0 Å². The Morgan fingerprint density at radius 2 is 1.63 bits per heavy atom. The smallest absolute Gasteiger partial charge is 0.417 e. The second kappa shape index (κ2) is 9.65. The second-order valence-corrected chi connectivity index (χ2v) is 7.08. The fourth-order valence-corrected chi connectivity index (χ4v) is 3.40. The maximum atomic E-state index is 13.1. The Hall–Kier alpha value is -3.03. The average molecular weight is 420 g/mol. The monoisotopic (exact) mass is 420 g/mol. The van der Waals surface area contributed by atoms with Crippen molar-refractivity contribution in [1.82, 2.24) is 10.2 Å². The molecule has 1 saturated heterocycles. The number of nitrogens with zero attached hydrogens (tertiary/aromatic N) is 1. The van der Waals surface area contributed by atoms with Gasteiger partial charge in [-0.2, -0.15) is 13.2 Å². The van der Waals surface area contributed by atoms with Crippen LogP contribution in [0.25, 0.3) is 0 Å². The molecule has 0 atom stereocenters. The Kier molecular flexibility index (Phi) is 6.97. The number of carbonyl (C=O) groups is 2. The van der Waals surface area contributed by atoms with E-state index in [0.29, 0.717) is 31.7 Å². The van der Waals surface area contributed by atoms with Gasteiger partial charge in [-0.3, -0.25) is 9.59 Å². The summed E-state index contributed by atoms with van der Waals surface area (Å²) in [5.41, 5.74) is -1.34. The van der Waals surface area contributed by atoms with E-state index >= 15 is 0 Å². The fraction of sp³-hybridized carbons (Fsp3) is 0.364. The molecule has 30 heavy (non-hydrogen) atoms. The zero-order chi connectivity index (χ0) is 21.6. The fourth-order valence-electron chi connectivity index (χ4n) is 3.40. The van der Waals surface area contributed by atoms with E-state index in [9.17, 15) is 22.8 Å². The number of piperidine rings is 1. The molecule has 5 nitrogen and oxygen atoms in total. The number of halogens is 3. The molecular weight excluding hydrogens is 397 g/mol. The molecule has 1 aliphatic rings. The number of alkyl halides is 3. The molecule has 0 unspecified atom stereocenters. The second-order valence-electron chi connectivity index (χ2n) is 7.08. The Bertz CT molecular complexity index is 863. The molecule has 160 valence electrons. The van der Waals surface area contributed by atoms with Crippen molar-refractivity contribution in [2.24, 2.45) is 0 Å². The SMILES string of the molecule is O=C(NC1CCN(C(=O)CCOc2ccccc2)CC1)c1ccccc1C(F)(F)F. The zero-order valence-electron chi connectivity index (χ0n) is 16.3. The largest absolute Gasteiger partial charge is 0.493 e. The van der Waals surface area contributed by atoms with Crippen molar-refractivity contribution >= 4 is 11.8 Å². The van der Waals surface area contributed by atoms with Crippen LogP contribution in [-0.2, 0) is 11.0 Å². The molecule has 0 radical (unpaired) electrons. The molecule has 2 aromatic rings. The molecule has 0 bridgehead atoms. The average Bonchev–Trinajstić information content (AvgIpc) is 2.74. The van der Waals surface area contributed by atoms with Gasteiger partial charge in [0.2, 0.25) is 5.91 Å². The van der Waals surface area contributed by atoms with Gasteiger partial charge < -0.3 is 15.0 Å². The normalized spacial score (nSPS) is 15.0. The predicted octanol–water partition coefficient (Wildman–Crippen LogP) is 3.90. The van der Waals surface area contributed by atoms with Gasteiger partial charge in [-0.25, -0.2) is 0 Å². The molecule has 8 heteroatoms. The van der Waals surface area contributed by atoms with Crippen molar-refractivity contribution in [2.75, 3.05) is 19.7 Å². The molecule has 0 spiro atoms. The van der Waals surface area contributed by atoms with E-state index in [1.807, 2.05) is 30.3 Å². The van der Waals surface area contributed by atoms with Crippen LogP contribution in [0.1, 0.15) is 35.2 Å². The van der Waals surface area contributed by atoms with Crippen LogP contribution in [0.4, 0.5) is 13.2 Å². The first-order valence-electron chi connectivity index (χ1n) is 9.77. The third kappa shape index (κ3) is 5.75. The van der Waals surface area contributed by atoms with E-state index in [1.54, 1.807) is 4.90 Å². The van der Waals surface area contributed by atoms with Gasteiger partial charge in [-0.05, 0) is 37.1 Å². The number of carbonyl (C=O) groups excluding carboxylic acids is 2. The van der Waals surface area contributed by atoms with Crippen LogP contribution in [0.3, 0.4) is 0 Å². The summed E-state index contributed by atoms with van der Waals surface area (Å²) in [6, 6.07) is 13.7. The molecule has 2 amide bonds. The van der Waals surface area contributed by atoms with Gasteiger partial charge in [0, 0.05) is 19.1 Å². The number of benzene rings is 2. The number of ether oxygens (including phenoxy) is 1. The number of rotatable bonds is 6. The molecule has 1 heterocycles. The standard InChI is InChI=1S/C22H23F3N2O3/c23-22(24,25)19-9-5-4-8-18(19)21(29)26-16-10-13-27(14-11-16)20(28)12-15-30-17-6-2-1-3-7-17/h1-9,16H,10-15H2,(H,26,29). The van der Waals surface area contributed by atoms with Crippen LogP contribution in [0.15, 0.2) is 54.6 Å². The minimum absolute atomic E-state index is 0.0434. The van der Waals surface area contributed by atoms with Crippen molar-refractivity contribution in [3.8, 4) is 5.75 Å². The summed E-state index contributed by atoms with van der Waals surface area (Å²) in [4.78, 5) is 26.4. The topological polar surface area (TPSA) is 58.6 Å². The zero-order valence-corrected chi connectivity index (χ0v) is 16.3. The van der Waals surface area contributed by atoms with E-state index < -0.39 is 17.6 Å². The molecule has 3 rings (SSSR count). The number of hydrogen-bond donors (Lipinski definition) is 1. The van der Waals surface area contributed by atoms with Crippen molar-refractivity contribution in [1.29, 1.82) is 0 Å². The number of likely N-dealkylation sites (tertiary alicyclic amines) is 1. The lowest BCUT2D eigenvalue weighted by Gasteiger charge is -2.32. The summed E-state index contributed by atoms with van der Waals surface area (Å²) in [6.07, 6.45) is -3.37. The quantitative estimate of drug-likeness (QED) is 0.771. The van der Waals surface area contributed by atoms with Crippen molar-refractivity contribution < 1.29 is 27.5 Å². The molecule has 2 aromatic carbocycles. The molecule has 0 saturated carbocycles. The molecule has 0 aromatic heterocycles. The highest BCUT2D eigenvalue weighted by atomic mass is 19.4. The van der Waals surface area contributed by atoms with Gasteiger partial charge >= 0.3 is 6.18 Å². The van der Waals surface area contributed by atoms with E-state index in [0.717, 1.165) is 6.07 Å². The van der Waals surface area contributed by atoms with Crippen LogP contribution in [0.2, 0.25) is 0 Å². The number of nitrogens with one attached hydrogen (secondary N) is 1. The van der Waals surface area contributed by atoms with Crippen LogP contribution in [-0.4, -0.2) is 42.5 Å². The lowest BCUT2D eigenvalue weighted by Crippen LogP contribution is -2.47. The first-order valence-corrected chi connectivity index (χ1v) is 9.77. The van der Waals surface area contributed by atoms with E-state index in [4.69, 9.17) is 4.74 Å². The number of amides is 2. The Labute approximate surface area is 172 Å². The predicted molar refractivity (Wildman–Crippen MR) is 105 cm³/mol. The summed E-state index contributed by atoms with van der Waals surface area (Å²) in [5.74, 6) is -0.0899. The number of para-hydroxylation sites is 1. The Morgan fingerprint density at radius 1 is 1.00 bits per heavy atom. The van der Waals surface area contributed by atoms with Crippen molar-refractivity contribution in [3.63, 3.8) is 0 Å². The maximum absolute atomic E-state index is 13.1. The highest BCUT2D eigenvalue weighted by Gasteiger charge is 2.35. The van der Waals surface area contributed by atoms with Gasteiger partial charge in [0.15, 0.2) is 0 Å². The van der Waals surface area contributed by atoms with E-state index in [1.165, 1.54) is 18.2 Å². The number of hydrogen-bond acceptors (Lipinski definition) is 3. The van der Waals surface area contributed by atoms with Crippen molar-refractivity contribution in [3.05, 3.63) is 65.7 Å². The van der Waals surface area contributed by atoms with Crippen LogP contribution < -0.4 is 10.1 Å². The van der Waals surface area contributed by atoms with E-state index in [-0.39, 0.29) is 30.5 Å². The highest BCUT2D eigenvalue weighted by molar-refractivity contribution is 5.96. The van der Waals surface area contributed by atoms with Crippen LogP contribution >= 0.6 is 0 Å². The Morgan fingerprint density at radius 3 is 2.30 bits per heavy atom. The van der Waals surface area contributed by atoms with Gasteiger partial charge in [-0.1, -0.05) is 30.3 Å². The van der Waals surface area contributed by atoms with E-state index in [2.05, 4.69) is 5.32 Å². The lowest BCUT2D eigenvalue weighted by molar-refractivity contribution is -0.138. The molecule has 0 aliphatic carbocycles. The van der Waals surface area contributed by atoms with Crippen LogP contribution in [0.5, 0.6) is 5.75 Å². The third-order valence-electron chi connectivity index (χ3n) is 4.99. The van der Waals surface area contributed by atoms with Crippen molar-refractivity contribution in [2.45, 2.75) is 31.5 Å². The summed E-state index contributed by atoms with van der Waals surface area (Å²) >= 11 is 0. The van der Waals surface area contributed by atoms with Gasteiger partial charge in [0.05, 0.1) is 24.2 Å². The Balaban J connectivity index is 1.45. The van der Waals surface area contributed by atoms with Crippen LogP contribution in [0, 0.1) is 0 Å². The highest BCUT2D eigenvalue weighted by Crippen LogP contribution is 2.32. The van der Waals surface area contributed by atoms with Gasteiger partial charge in [0.1, 0.15) is 5.75 Å². The minimum atomic E-state index is -4.59. The summed E-state index contributed by atoms with van der Waals surface area (Å²) in [7, 11) is 0. The molecule has 1 fully saturated rings. The molecular formula is C22H23F3N2O3. The molecule has 1 N–H and O–H groups in total. The summed E-state index contributed by atoms with van der Waals surface area (Å²) in [6.45, 7) is 1.15. The third-order valence-corrected chi connectivity index (χ3v) is 4.99. The molecule has 1 aliphatic heterocycles. The summed E-state index contributed by atoms with van der Waals surface area (Å²) < 4.78 is 44.8. The summed E-state index contributed by atoms with van der Waals surface area (Å²) in [5, 5.41) is 2.67. The van der Waals surface area contributed by atoms with Gasteiger partial charge in [0.25, 0.3) is 5.91 Å². The maximum Gasteiger partial charge on any atom is 0.417 e. The first-order chi connectivity index (χ1) is 14.3. The first kappa shape index (κ1) is 21.7. The minimum Gasteiger partial charge on any atom is -0.493 e.